The van der Waals surface area contributed by atoms with Gasteiger partial charge in [0.2, 0.25) is 0 Å². The van der Waals surface area contributed by atoms with E-state index in [0.717, 1.165) is 11.3 Å². The number of nitrogens with two attached hydrogens (primary N) is 1. The van der Waals surface area contributed by atoms with Crippen LogP contribution in [-0.4, -0.2) is 24.1 Å². The SMILES string of the molecule is Cc1ccc(C)c(Nc2ncnc(N(C)C)c2N)c1. The standard InChI is InChI=1S/C14H19N5/c1-9-5-6-10(2)11(7-9)18-13-12(15)14(19(3)4)17-8-16-13/h5-8H,15H2,1-4H3,(H,16,17,18). The number of nitrogens with one attached hydrogen (secondary N) is 1. The lowest BCUT2D eigenvalue weighted by molar-refractivity contribution is 1.04. The van der Waals surface area contributed by atoms with Gasteiger partial charge < -0.3 is 16.0 Å². The van der Waals surface area contributed by atoms with Gasteiger partial charge in [-0.15, -0.1) is 0 Å². The minimum Gasteiger partial charge on any atom is -0.393 e. The molecule has 0 spiro atoms. The fourth-order valence-corrected chi connectivity index (χ4v) is 1.84. The topological polar surface area (TPSA) is 67.1 Å². The molecule has 2 rings (SSSR count). The molecule has 1 aromatic carbocycles. The van der Waals surface area contributed by atoms with E-state index in [2.05, 4.69) is 40.4 Å². The molecule has 0 bridgehead atoms. The predicted molar refractivity (Wildman–Crippen MR) is 80.0 cm³/mol. The van der Waals surface area contributed by atoms with Gasteiger partial charge in [0.15, 0.2) is 11.6 Å². The van der Waals surface area contributed by atoms with Gasteiger partial charge in [-0.2, -0.15) is 0 Å². The molecule has 0 aliphatic heterocycles. The lowest BCUT2D eigenvalue weighted by atomic mass is 10.1. The average molecular weight is 257 g/mol. The first-order valence-electron chi connectivity index (χ1n) is 6.11. The molecule has 5 nitrogen and oxygen atoms in total. The molecule has 1 aromatic heterocycles. The Morgan fingerprint density at radius 2 is 1.89 bits per heavy atom. The number of hydrogen-bond donors (Lipinski definition) is 2. The second-order valence-electron chi connectivity index (χ2n) is 4.80. The highest BCUT2D eigenvalue weighted by molar-refractivity contribution is 5.78. The summed E-state index contributed by atoms with van der Waals surface area (Å²) in [6.45, 7) is 4.10. The fourth-order valence-electron chi connectivity index (χ4n) is 1.84. The summed E-state index contributed by atoms with van der Waals surface area (Å²) in [5, 5.41) is 3.27. The maximum absolute atomic E-state index is 6.09. The van der Waals surface area contributed by atoms with Crippen molar-refractivity contribution in [3.8, 4) is 0 Å². The van der Waals surface area contributed by atoms with Gasteiger partial charge in [-0.25, -0.2) is 9.97 Å². The van der Waals surface area contributed by atoms with Crippen molar-refractivity contribution < 1.29 is 0 Å². The quantitative estimate of drug-likeness (QED) is 0.884. The van der Waals surface area contributed by atoms with E-state index >= 15 is 0 Å². The van der Waals surface area contributed by atoms with Crippen LogP contribution in [0.15, 0.2) is 24.5 Å². The van der Waals surface area contributed by atoms with E-state index in [1.165, 1.54) is 11.9 Å². The van der Waals surface area contributed by atoms with Gasteiger partial charge in [-0.3, -0.25) is 0 Å². The lowest BCUT2D eigenvalue weighted by Gasteiger charge is -2.17. The number of rotatable bonds is 3. The third kappa shape index (κ3) is 2.76. The molecule has 0 saturated carbocycles. The molecule has 0 aliphatic rings. The Morgan fingerprint density at radius 1 is 1.16 bits per heavy atom. The van der Waals surface area contributed by atoms with Crippen LogP contribution in [0.5, 0.6) is 0 Å². The fraction of sp³-hybridized carbons (Fsp3) is 0.286. The third-order valence-electron chi connectivity index (χ3n) is 2.93. The zero-order chi connectivity index (χ0) is 14.0. The van der Waals surface area contributed by atoms with Crippen LogP contribution >= 0.6 is 0 Å². The minimum atomic E-state index is 0.549. The third-order valence-corrected chi connectivity index (χ3v) is 2.93. The Balaban J connectivity index is 2.38. The first kappa shape index (κ1) is 13.1. The predicted octanol–water partition coefficient (Wildman–Crippen LogP) is 2.49. The first-order valence-corrected chi connectivity index (χ1v) is 6.11. The average Bonchev–Trinajstić information content (AvgIpc) is 2.36. The van der Waals surface area contributed by atoms with Crippen molar-refractivity contribution in [2.24, 2.45) is 0 Å². The van der Waals surface area contributed by atoms with Crippen LogP contribution in [0.25, 0.3) is 0 Å². The Labute approximate surface area is 113 Å². The summed E-state index contributed by atoms with van der Waals surface area (Å²) in [5.41, 5.74) is 9.99. The summed E-state index contributed by atoms with van der Waals surface area (Å²) >= 11 is 0. The smallest absolute Gasteiger partial charge is 0.159 e. The zero-order valence-corrected chi connectivity index (χ0v) is 11.7. The molecule has 2 aromatic rings. The van der Waals surface area contributed by atoms with E-state index < -0.39 is 0 Å². The molecule has 0 amide bonds. The molecule has 1 heterocycles. The molecule has 0 unspecified atom stereocenters. The Hall–Kier alpha value is -2.30. The number of anilines is 4. The summed E-state index contributed by atoms with van der Waals surface area (Å²) in [6.07, 6.45) is 1.51. The zero-order valence-electron chi connectivity index (χ0n) is 11.7. The summed E-state index contributed by atoms with van der Waals surface area (Å²) < 4.78 is 0. The van der Waals surface area contributed by atoms with Gasteiger partial charge in [-0.1, -0.05) is 12.1 Å². The van der Waals surface area contributed by atoms with E-state index in [-0.39, 0.29) is 0 Å². The normalized spacial score (nSPS) is 10.3. The van der Waals surface area contributed by atoms with Crippen molar-refractivity contribution in [1.29, 1.82) is 0 Å². The molecular weight excluding hydrogens is 238 g/mol. The van der Waals surface area contributed by atoms with Gasteiger partial charge in [-0.05, 0) is 31.0 Å². The number of nitrogens with zero attached hydrogens (tertiary/aromatic N) is 3. The van der Waals surface area contributed by atoms with E-state index in [0.29, 0.717) is 17.3 Å². The maximum atomic E-state index is 6.09. The molecule has 0 atom stereocenters. The van der Waals surface area contributed by atoms with Crippen molar-refractivity contribution >= 4 is 23.0 Å². The van der Waals surface area contributed by atoms with Crippen LogP contribution in [-0.2, 0) is 0 Å². The van der Waals surface area contributed by atoms with Crippen LogP contribution in [0, 0.1) is 13.8 Å². The summed E-state index contributed by atoms with van der Waals surface area (Å²) in [6, 6.07) is 6.23. The van der Waals surface area contributed by atoms with E-state index in [4.69, 9.17) is 5.73 Å². The van der Waals surface area contributed by atoms with Crippen LogP contribution in [0.3, 0.4) is 0 Å². The van der Waals surface area contributed by atoms with Crippen molar-refractivity contribution in [1.82, 2.24) is 9.97 Å². The number of nitrogen functional groups attached to an aromatic ring is 1. The van der Waals surface area contributed by atoms with Gasteiger partial charge in [0.25, 0.3) is 0 Å². The highest BCUT2D eigenvalue weighted by atomic mass is 15.2. The second kappa shape index (κ2) is 5.14. The Morgan fingerprint density at radius 3 is 2.58 bits per heavy atom. The largest absolute Gasteiger partial charge is 0.393 e. The molecule has 3 N–H and O–H groups in total. The molecule has 0 radical (unpaired) electrons. The van der Waals surface area contributed by atoms with Crippen LogP contribution in [0.1, 0.15) is 11.1 Å². The van der Waals surface area contributed by atoms with Crippen molar-refractivity contribution in [2.45, 2.75) is 13.8 Å². The summed E-state index contributed by atoms with van der Waals surface area (Å²) in [7, 11) is 3.81. The van der Waals surface area contributed by atoms with E-state index in [9.17, 15) is 0 Å². The number of aryl methyl sites for hydroxylation is 2. The molecule has 0 aliphatic carbocycles. The van der Waals surface area contributed by atoms with Gasteiger partial charge >= 0.3 is 0 Å². The van der Waals surface area contributed by atoms with Crippen LogP contribution in [0.4, 0.5) is 23.0 Å². The van der Waals surface area contributed by atoms with Gasteiger partial charge in [0.1, 0.15) is 12.0 Å². The van der Waals surface area contributed by atoms with Crippen molar-refractivity contribution in [3.05, 3.63) is 35.7 Å². The van der Waals surface area contributed by atoms with Crippen LogP contribution < -0.4 is 16.0 Å². The maximum Gasteiger partial charge on any atom is 0.159 e. The van der Waals surface area contributed by atoms with E-state index in [1.807, 2.05) is 25.9 Å². The van der Waals surface area contributed by atoms with Crippen LogP contribution in [0.2, 0.25) is 0 Å². The molecule has 5 heteroatoms. The Bertz CT molecular complexity index is 592. The number of hydrogen-bond acceptors (Lipinski definition) is 5. The van der Waals surface area contributed by atoms with E-state index in [1.54, 1.807) is 0 Å². The minimum absolute atomic E-state index is 0.549. The first-order chi connectivity index (χ1) is 8.99. The molecule has 0 fully saturated rings. The monoisotopic (exact) mass is 257 g/mol. The molecule has 100 valence electrons. The summed E-state index contributed by atoms with van der Waals surface area (Å²) in [5.74, 6) is 1.34. The van der Waals surface area contributed by atoms with Crippen molar-refractivity contribution in [2.75, 3.05) is 30.0 Å². The van der Waals surface area contributed by atoms with Gasteiger partial charge in [0, 0.05) is 19.8 Å². The number of benzene rings is 1. The molecule has 0 saturated heterocycles. The number of aromatic nitrogens is 2. The highest BCUT2D eigenvalue weighted by Gasteiger charge is 2.10. The summed E-state index contributed by atoms with van der Waals surface area (Å²) in [4.78, 5) is 10.2. The Kier molecular flexibility index (Phi) is 3.55. The molecular formula is C14H19N5. The lowest BCUT2D eigenvalue weighted by Crippen LogP contribution is -2.14. The van der Waals surface area contributed by atoms with Crippen molar-refractivity contribution in [3.63, 3.8) is 0 Å². The highest BCUT2D eigenvalue weighted by Crippen LogP contribution is 2.28. The molecule has 19 heavy (non-hydrogen) atoms. The van der Waals surface area contributed by atoms with Gasteiger partial charge in [0.05, 0.1) is 0 Å². The second-order valence-corrected chi connectivity index (χ2v) is 4.80.